The van der Waals surface area contributed by atoms with Crippen LogP contribution in [0.4, 0.5) is 5.69 Å². The van der Waals surface area contributed by atoms with Gasteiger partial charge in [0.2, 0.25) is 5.91 Å². The second-order valence-corrected chi connectivity index (χ2v) is 5.03. The highest BCUT2D eigenvalue weighted by atomic mass is 35.5. The Balaban J connectivity index is 0.00000220. The van der Waals surface area contributed by atoms with E-state index in [1.807, 2.05) is 29.6 Å². The SMILES string of the molecule is COCCNCC(=O)Nc1cccc(-c2nccs2)c1.Cl. The van der Waals surface area contributed by atoms with Crippen molar-refractivity contribution < 1.29 is 9.53 Å². The number of amides is 1. The smallest absolute Gasteiger partial charge is 0.238 e. The van der Waals surface area contributed by atoms with Crippen LogP contribution in [-0.4, -0.2) is 37.7 Å². The minimum Gasteiger partial charge on any atom is -0.383 e. The van der Waals surface area contributed by atoms with Crippen molar-refractivity contribution in [1.82, 2.24) is 10.3 Å². The van der Waals surface area contributed by atoms with Crippen molar-refractivity contribution in [3.05, 3.63) is 35.8 Å². The van der Waals surface area contributed by atoms with Gasteiger partial charge in [0.05, 0.1) is 13.2 Å². The van der Waals surface area contributed by atoms with Crippen molar-refractivity contribution in [3.63, 3.8) is 0 Å². The number of rotatable bonds is 7. The number of ether oxygens (including phenoxy) is 1. The summed E-state index contributed by atoms with van der Waals surface area (Å²) in [5.41, 5.74) is 1.78. The Kier molecular flexibility index (Phi) is 7.92. The van der Waals surface area contributed by atoms with E-state index in [2.05, 4.69) is 15.6 Å². The van der Waals surface area contributed by atoms with Gasteiger partial charge in [-0.2, -0.15) is 0 Å². The summed E-state index contributed by atoms with van der Waals surface area (Å²) in [5, 5.41) is 8.73. The molecule has 0 fully saturated rings. The van der Waals surface area contributed by atoms with Gasteiger partial charge in [0, 0.05) is 36.5 Å². The van der Waals surface area contributed by atoms with E-state index in [-0.39, 0.29) is 24.9 Å². The van der Waals surface area contributed by atoms with E-state index in [0.29, 0.717) is 13.2 Å². The number of nitrogens with one attached hydrogen (secondary N) is 2. The molecule has 0 atom stereocenters. The summed E-state index contributed by atoms with van der Waals surface area (Å²) >= 11 is 1.57. The third-order valence-electron chi connectivity index (χ3n) is 2.59. The number of thiazole rings is 1. The Morgan fingerprint density at radius 3 is 3.00 bits per heavy atom. The zero-order chi connectivity index (χ0) is 14.2. The summed E-state index contributed by atoms with van der Waals surface area (Å²) < 4.78 is 4.90. The lowest BCUT2D eigenvalue weighted by molar-refractivity contribution is -0.115. The van der Waals surface area contributed by atoms with E-state index in [1.54, 1.807) is 24.6 Å². The average molecular weight is 328 g/mol. The van der Waals surface area contributed by atoms with Crippen molar-refractivity contribution in [2.24, 2.45) is 0 Å². The van der Waals surface area contributed by atoms with E-state index < -0.39 is 0 Å². The molecule has 0 unspecified atom stereocenters. The van der Waals surface area contributed by atoms with E-state index >= 15 is 0 Å². The molecule has 0 aliphatic carbocycles. The number of carbonyl (C=O) groups excluding carboxylic acids is 1. The Morgan fingerprint density at radius 2 is 2.29 bits per heavy atom. The van der Waals surface area contributed by atoms with Crippen LogP contribution < -0.4 is 10.6 Å². The minimum absolute atomic E-state index is 0. The van der Waals surface area contributed by atoms with Gasteiger partial charge >= 0.3 is 0 Å². The molecule has 2 rings (SSSR count). The van der Waals surface area contributed by atoms with Gasteiger partial charge in [-0.1, -0.05) is 12.1 Å². The summed E-state index contributed by atoms with van der Waals surface area (Å²) in [6.45, 7) is 1.51. The quantitative estimate of drug-likeness (QED) is 0.767. The second kappa shape index (κ2) is 9.46. The largest absolute Gasteiger partial charge is 0.383 e. The van der Waals surface area contributed by atoms with Gasteiger partial charge < -0.3 is 15.4 Å². The van der Waals surface area contributed by atoms with Crippen molar-refractivity contribution in [2.75, 3.05) is 32.1 Å². The van der Waals surface area contributed by atoms with E-state index in [0.717, 1.165) is 16.3 Å². The fourth-order valence-corrected chi connectivity index (χ4v) is 2.31. The zero-order valence-corrected chi connectivity index (χ0v) is 13.3. The van der Waals surface area contributed by atoms with Crippen molar-refractivity contribution >= 4 is 35.3 Å². The molecule has 21 heavy (non-hydrogen) atoms. The normalized spacial score (nSPS) is 9.95. The molecular formula is C14H18ClN3O2S. The third-order valence-corrected chi connectivity index (χ3v) is 3.42. The van der Waals surface area contributed by atoms with Crippen LogP contribution in [0, 0.1) is 0 Å². The molecule has 0 aliphatic rings. The Morgan fingerprint density at radius 1 is 1.43 bits per heavy atom. The number of carbonyl (C=O) groups is 1. The lowest BCUT2D eigenvalue weighted by Gasteiger charge is -2.07. The van der Waals surface area contributed by atoms with Gasteiger partial charge in [-0.15, -0.1) is 23.7 Å². The first-order valence-electron chi connectivity index (χ1n) is 6.29. The first-order valence-corrected chi connectivity index (χ1v) is 7.17. The van der Waals surface area contributed by atoms with Gasteiger partial charge in [-0.3, -0.25) is 4.79 Å². The summed E-state index contributed by atoms with van der Waals surface area (Å²) in [4.78, 5) is 16.0. The van der Waals surface area contributed by atoms with Crippen LogP contribution in [-0.2, 0) is 9.53 Å². The van der Waals surface area contributed by atoms with Crippen LogP contribution in [0.5, 0.6) is 0 Å². The summed E-state index contributed by atoms with van der Waals surface area (Å²) in [7, 11) is 1.63. The molecule has 0 spiro atoms. The van der Waals surface area contributed by atoms with Crippen LogP contribution in [0.3, 0.4) is 0 Å². The molecule has 0 radical (unpaired) electrons. The van der Waals surface area contributed by atoms with Crippen LogP contribution in [0.25, 0.3) is 10.6 Å². The van der Waals surface area contributed by atoms with E-state index in [9.17, 15) is 4.79 Å². The maximum absolute atomic E-state index is 11.7. The predicted molar refractivity (Wildman–Crippen MR) is 88.2 cm³/mol. The lowest BCUT2D eigenvalue weighted by atomic mass is 10.2. The van der Waals surface area contributed by atoms with Crippen LogP contribution in [0.1, 0.15) is 0 Å². The van der Waals surface area contributed by atoms with Crippen molar-refractivity contribution in [1.29, 1.82) is 0 Å². The Labute approximate surface area is 134 Å². The van der Waals surface area contributed by atoms with Crippen molar-refractivity contribution in [3.8, 4) is 10.6 Å². The van der Waals surface area contributed by atoms with Gasteiger partial charge in [0.1, 0.15) is 5.01 Å². The molecule has 2 N–H and O–H groups in total. The highest BCUT2D eigenvalue weighted by Crippen LogP contribution is 2.24. The average Bonchev–Trinajstić information content (AvgIpc) is 2.98. The predicted octanol–water partition coefficient (Wildman–Crippen LogP) is 2.41. The first-order chi connectivity index (χ1) is 9.79. The Bertz CT molecular complexity index is 549. The number of benzene rings is 1. The minimum atomic E-state index is -0.0719. The highest BCUT2D eigenvalue weighted by molar-refractivity contribution is 7.13. The topological polar surface area (TPSA) is 63.2 Å². The van der Waals surface area contributed by atoms with Gasteiger partial charge in [0.25, 0.3) is 0 Å². The molecule has 114 valence electrons. The standard InChI is InChI=1S/C14H17N3O2S.ClH/c1-19-7-5-15-10-13(18)17-12-4-2-3-11(9-12)14-16-6-8-20-14;/h2-4,6,8-9,15H,5,7,10H2,1H3,(H,17,18);1H. The number of methoxy groups -OCH3 is 1. The molecule has 7 heteroatoms. The fourth-order valence-electron chi connectivity index (χ4n) is 1.68. The van der Waals surface area contributed by atoms with E-state index in [1.165, 1.54) is 0 Å². The lowest BCUT2D eigenvalue weighted by Crippen LogP contribution is -2.30. The molecule has 1 aromatic heterocycles. The van der Waals surface area contributed by atoms with Crippen molar-refractivity contribution in [2.45, 2.75) is 0 Å². The number of hydrogen-bond donors (Lipinski definition) is 2. The number of anilines is 1. The zero-order valence-electron chi connectivity index (χ0n) is 11.7. The van der Waals surface area contributed by atoms with Gasteiger partial charge in [-0.05, 0) is 12.1 Å². The third kappa shape index (κ3) is 5.81. The molecule has 0 bridgehead atoms. The van der Waals surface area contributed by atoms with Crippen LogP contribution in [0.15, 0.2) is 35.8 Å². The molecule has 1 amide bonds. The molecule has 0 saturated heterocycles. The number of hydrogen-bond acceptors (Lipinski definition) is 5. The van der Waals surface area contributed by atoms with Crippen LogP contribution >= 0.6 is 23.7 Å². The number of halogens is 1. The monoisotopic (exact) mass is 327 g/mol. The van der Waals surface area contributed by atoms with Gasteiger partial charge in [0.15, 0.2) is 0 Å². The summed E-state index contributed by atoms with van der Waals surface area (Å²) in [6.07, 6.45) is 1.77. The molecule has 0 aliphatic heterocycles. The summed E-state index contributed by atoms with van der Waals surface area (Å²) in [5.74, 6) is -0.0719. The summed E-state index contributed by atoms with van der Waals surface area (Å²) in [6, 6.07) is 7.67. The molecule has 1 aromatic carbocycles. The fraction of sp³-hybridized carbons (Fsp3) is 0.286. The highest BCUT2D eigenvalue weighted by Gasteiger charge is 2.04. The molecule has 0 saturated carbocycles. The molecular weight excluding hydrogens is 310 g/mol. The molecule has 2 aromatic rings. The maximum atomic E-state index is 11.7. The van der Waals surface area contributed by atoms with E-state index in [4.69, 9.17) is 4.74 Å². The number of nitrogens with zero attached hydrogens (tertiary/aromatic N) is 1. The number of aromatic nitrogens is 1. The first kappa shape index (κ1) is 17.6. The molecule has 1 heterocycles. The maximum Gasteiger partial charge on any atom is 0.238 e. The van der Waals surface area contributed by atoms with Crippen LogP contribution in [0.2, 0.25) is 0 Å². The van der Waals surface area contributed by atoms with Gasteiger partial charge in [-0.25, -0.2) is 4.98 Å². The second-order valence-electron chi connectivity index (χ2n) is 4.14. The Hall–Kier alpha value is -1.47. The molecule has 5 nitrogen and oxygen atoms in total.